The third-order valence-corrected chi connectivity index (χ3v) is 8.41. The predicted octanol–water partition coefficient (Wildman–Crippen LogP) is 3.55. The Labute approximate surface area is 237 Å². The quantitative estimate of drug-likeness (QED) is 0.448. The molecule has 4 rings (SSSR count). The van der Waals surface area contributed by atoms with Crippen LogP contribution in [0.2, 0.25) is 0 Å². The van der Waals surface area contributed by atoms with Crippen molar-refractivity contribution < 1.29 is 36.3 Å². The summed E-state index contributed by atoms with van der Waals surface area (Å²) in [5.74, 6) is -3.23. The zero-order valence-corrected chi connectivity index (χ0v) is 23.2. The number of aliphatic carboxylic acids is 1. The van der Waals surface area contributed by atoms with E-state index in [0.29, 0.717) is 29.1 Å². The van der Waals surface area contributed by atoms with Gasteiger partial charge in [-0.1, -0.05) is 48.0 Å². The van der Waals surface area contributed by atoms with Crippen LogP contribution >= 0.6 is 12.4 Å². The van der Waals surface area contributed by atoms with Crippen LogP contribution in [0.3, 0.4) is 0 Å². The summed E-state index contributed by atoms with van der Waals surface area (Å²) in [4.78, 5) is 26.4. The summed E-state index contributed by atoms with van der Waals surface area (Å²) in [6.45, 7) is 1.69. The number of carboxylic acids is 1. The molecule has 2 N–H and O–H groups in total. The molecule has 0 spiro atoms. The van der Waals surface area contributed by atoms with E-state index < -0.39 is 34.1 Å². The Morgan fingerprint density at radius 2 is 1.68 bits per heavy atom. The number of halogens is 4. The molecule has 2 aliphatic heterocycles. The number of carbonyl (C=O) groups excluding carboxylic acids is 1. The van der Waals surface area contributed by atoms with Gasteiger partial charge in [-0.3, -0.25) is 14.5 Å². The first kappa shape index (κ1) is 31.6. The number of nitrogens with zero attached hydrogens (tertiary/aromatic N) is 2. The van der Waals surface area contributed by atoms with E-state index in [-0.39, 0.29) is 49.7 Å². The van der Waals surface area contributed by atoms with E-state index in [1.54, 1.807) is 0 Å². The average molecular weight is 602 g/mol. The van der Waals surface area contributed by atoms with Crippen molar-refractivity contribution in [2.75, 3.05) is 26.2 Å². The molecule has 0 aliphatic carbocycles. The fourth-order valence-corrected chi connectivity index (χ4v) is 6.19. The van der Waals surface area contributed by atoms with Gasteiger partial charge < -0.3 is 10.0 Å². The second-order valence-electron chi connectivity index (χ2n) is 9.78. The van der Waals surface area contributed by atoms with Crippen LogP contribution in [0.1, 0.15) is 29.5 Å². The molecule has 1 amide bonds. The summed E-state index contributed by atoms with van der Waals surface area (Å²) in [7, 11) is -4.25. The summed E-state index contributed by atoms with van der Waals surface area (Å²) >= 11 is 0. The van der Waals surface area contributed by atoms with Gasteiger partial charge in [-0.05, 0) is 54.5 Å². The maximum Gasteiger partial charge on any atom is 0.471 e. The summed E-state index contributed by atoms with van der Waals surface area (Å²) < 4.78 is 67.2. The summed E-state index contributed by atoms with van der Waals surface area (Å²) in [5, 5.41) is 9.79. The Balaban J connectivity index is 0.00000441. The largest absolute Gasteiger partial charge is 0.480 e. The molecule has 0 bridgehead atoms. The smallest absolute Gasteiger partial charge is 0.471 e. The SMILES string of the molecule is Cl.O=C(O)[C@H](CC1=CCCN(Cc2ccccc2)C1)NS(=O)(=O)c1ccc2c(c1)CCN(C(=O)C(F)(F)F)CC2. The molecule has 0 fully saturated rings. The van der Waals surface area contributed by atoms with Gasteiger partial charge in [0.25, 0.3) is 0 Å². The molecule has 40 heavy (non-hydrogen) atoms. The zero-order valence-electron chi connectivity index (χ0n) is 21.6. The number of benzene rings is 2. The maximum atomic E-state index is 13.2. The number of amides is 1. The number of hydrogen-bond acceptors (Lipinski definition) is 5. The molecule has 218 valence electrons. The van der Waals surface area contributed by atoms with Crippen molar-refractivity contribution in [3.8, 4) is 0 Å². The number of rotatable bonds is 8. The van der Waals surface area contributed by atoms with Crippen molar-refractivity contribution in [2.45, 2.75) is 49.3 Å². The first-order valence-electron chi connectivity index (χ1n) is 12.6. The van der Waals surface area contributed by atoms with Gasteiger partial charge in [0.2, 0.25) is 10.0 Å². The monoisotopic (exact) mass is 601 g/mol. The van der Waals surface area contributed by atoms with Crippen LogP contribution in [-0.2, 0) is 39.0 Å². The molecule has 0 saturated heterocycles. The van der Waals surface area contributed by atoms with Crippen LogP contribution in [0.4, 0.5) is 13.2 Å². The Morgan fingerprint density at radius 3 is 2.33 bits per heavy atom. The fraction of sp³-hybridized carbons (Fsp3) is 0.407. The van der Waals surface area contributed by atoms with Crippen molar-refractivity contribution in [2.24, 2.45) is 0 Å². The number of nitrogens with one attached hydrogen (secondary N) is 1. The van der Waals surface area contributed by atoms with Crippen LogP contribution in [0, 0.1) is 0 Å². The lowest BCUT2D eigenvalue weighted by Gasteiger charge is -2.28. The molecular weight excluding hydrogens is 571 g/mol. The minimum absolute atomic E-state index is 0. The Kier molecular flexibility index (Phi) is 10.4. The van der Waals surface area contributed by atoms with E-state index in [9.17, 15) is 36.3 Å². The molecular formula is C27H31ClF3N3O5S. The van der Waals surface area contributed by atoms with Gasteiger partial charge in [-0.25, -0.2) is 8.42 Å². The number of carbonyl (C=O) groups is 2. The minimum atomic E-state index is -4.98. The van der Waals surface area contributed by atoms with Crippen molar-refractivity contribution in [1.82, 2.24) is 14.5 Å². The predicted molar refractivity (Wildman–Crippen MR) is 145 cm³/mol. The molecule has 2 aliphatic rings. The molecule has 0 unspecified atom stereocenters. The first-order valence-corrected chi connectivity index (χ1v) is 14.1. The van der Waals surface area contributed by atoms with Crippen LogP contribution in [0.25, 0.3) is 0 Å². The molecule has 2 heterocycles. The molecule has 0 saturated carbocycles. The number of sulfonamides is 1. The van der Waals surface area contributed by atoms with Crippen LogP contribution in [-0.4, -0.2) is 73.6 Å². The highest BCUT2D eigenvalue weighted by molar-refractivity contribution is 7.89. The lowest BCUT2D eigenvalue weighted by atomic mass is 10.0. The normalized spacial score (nSPS) is 17.2. The van der Waals surface area contributed by atoms with Crippen LogP contribution in [0.5, 0.6) is 0 Å². The molecule has 1 atom stereocenters. The third-order valence-electron chi connectivity index (χ3n) is 6.94. The summed E-state index contributed by atoms with van der Waals surface area (Å²) in [6, 6.07) is 12.6. The second-order valence-corrected chi connectivity index (χ2v) is 11.5. The van der Waals surface area contributed by atoms with Crippen molar-refractivity contribution in [3.63, 3.8) is 0 Å². The Morgan fingerprint density at radius 1 is 1.00 bits per heavy atom. The van der Waals surface area contributed by atoms with E-state index in [1.807, 2.05) is 36.4 Å². The Bertz CT molecular complexity index is 1350. The first-order chi connectivity index (χ1) is 18.4. The number of carboxylic acid groups (broad SMARTS) is 1. The molecule has 8 nitrogen and oxygen atoms in total. The summed E-state index contributed by atoms with van der Waals surface area (Å²) in [6.07, 6.45) is -2.11. The highest BCUT2D eigenvalue weighted by Gasteiger charge is 2.42. The van der Waals surface area contributed by atoms with Gasteiger partial charge in [0.15, 0.2) is 0 Å². The van der Waals surface area contributed by atoms with Gasteiger partial charge in [0.05, 0.1) is 4.90 Å². The number of hydrogen-bond donors (Lipinski definition) is 2. The van der Waals surface area contributed by atoms with Gasteiger partial charge in [-0.15, -0.1) is 12.4 Å². The average Bonchev–Trinajstić information content (AvgIpc) is 3.10. The van der Waals surface area contributed by atoms with E-state index in [1.165, 1.54) is 18.2 Å². The van der Waals surface area contributed by atoms with Crippen molar-refractivity contribution >= 4 is 34.3 Å². The van der Waals surface area contributed by atoms with E-state index in [0.717, 1.165) is 24.1 Å². The Hall–Kier alpha value is -2.93. The van der Waals surface area contributed by atoms with Gasteiger partial charge >= 0.3 is 18.1 Å². The zero-order chi connectivity index (χ0) is 28.2. The molecule has 0 aromatic heterocycles. The van der Waals surface area contributed by atoms with Crippen LogP contribution < -0.4 is 4.72 Å². The minimum Gasteiger partial charge on any atom is -0.480 e. The highest BCUT2D eigenvalue weighted by atomic mass is 35.5. The highest BCUT2D eigenvalue weighted by Crippen LogP contribution is 2.25. The molecule has 2 aromatic rings. The van der Waals surface area contributed by atoms with E-state index in [2.05, 4.69) is 9.62 Å². The van der Waals surface area contributed by atoms with E-state index >= 15 is 0 Å². The topological polar surface area (TPSA) is 107 Å². The molecule has 0 radical (unpaired) electrons. The third kappa shape index (κ3) is 8.06. The van der Waals surface area contributed by atoms with Gasteiger partial charge in [0, 0.05) is 32.7 Å². The van der Waals surface area contributed by atoms with Crippen molar-refractivity contribution in [1.29, 1.82) is 0 Å². The maximum absolute atomic E-state index is 13.2. The lowest BCUT2D eigenvalue weighted by Crippen LogP contribution is -2.42. The molecule has 2 aromatic carbocycles. The summed E-state index contributed by atoms with van der Waals surface area (Å²) in [5.41, 5.74) is 3.10. The lowest BCUT2D eigenvalue weighted by molar-refractivity contribution is -0.185. The standard InChI is InChI=1S/C27H30F3N3O5S.ClH/c28-27(29,30)26(36)33-13-10-21-8-9-23(16-22(21)11-14-33)39(37,38)31-24(25(34)35)15-20-7-4-12-32(18-20)17-19-5-2-1-3-6-19;/h1-3,5-9,16,24,31H,4,10-15,17-18H2,(H,34,35);1H/t24-;/m0./s1. The second kappa shape index (κ2) is 13.2. The van der Waals surface area contributed by atoms with Gasteiger partial charge in [-0.2, -0.15) is 17.9 Å². The fourth-order valence-electron chi connectivity index (χ4n) is 4.95. The number of fused-ring (bicyclic) bond motifs is 1. The van der Waals surface area contributed by atoms with Gasteiger partial charge in [0.1, 0.15) is 6.04 Å². The van der Waals surface area contributed by atoms with Crippen molar-refractivity contribution in [3.05, 3.63) is 76.9 Å². The van der Waals surface area contributed by atoms with Crippen LogP contribution in [0.15, 0.2) is 65.1 Å². The molecule has 13 heteroatoms. The number of alkyl halides is 3. The van der Waals surface area contributed by atoms with E-state index in [4.69, 9.17) is 0 Å².